The van der Waals surface area contributed by atoms with Gasteiger partial charge in [-0.2, -0.15) is 23.4 Å². The smallest absolute Gasteiger partial charge is 0.433 e. The molecule has 0 spiro atoms. The van der Waals surface area contributed by atoms with Gasteiger partial charge in [-0.1, -0.05) is 0 Å². The van der Waals surface area contributed by atoms with Crippen molar-refractivity contribution in [3.8, 4) is 17.0 Å². The van der Waals surface area contributed by atoms with E-state index in [0.29, 0.717) is 26.8 Å². The zero-order valence-electron chi connectivity index (χ0n) is 17.5. The van der Waals surface area contributed by atoms with Crippen LogP contribution in [0.3, 0.4) is 0 Å². The van der Waals surface area contributed by atoms with Crippen molar-refractivity contribution in [3.05, 3.63) is 64.1 Å². The van der Waals surface area contributed by atoms with E-state index in [9.17, 15) is 18.0 Å². The van der Waals surface area contributed by atoms with E-state index < -0.39 is 17.8 Å². The molecule has 0 unspecified atom stereocenters. The SMILES string of the molecule is CCn1ncc(Br)c1CNC(=O)c1cnn2c(C(F)(F)F)cc(-c3ccc(OC)cc3)nc12. The molecule has 0 aliphatic carbocycles. The third-order valence-electron chi connectivity index (χ3n) is 5.01. The van der Waals surface area contributed by atoms with Gasteiger partial charge >= 0.3 is 6.18 Å². The van der Waals surface area contributed by atoms with E-state index in [1.54, 1.807) is 35.1 Å². The molecule has 0 saturated carbocycles. The maximum Gasteiger partial charge on any atom is 0.433 e. The molecule has 1 amide bonds. The van der Waals surface area contributed by atoms with Gasteiger partial charge in [-0.25, -0.2) is 9.50 Å². The molecule has 0 atom stereocenters. The number of halogens is 4. The number of benzene rings is 1. The quantitative estimate of drug-likeness (QED) is 0.407. The highest BCUT2D eigenvalue weighted by Crippen LogP contribution is 2.33. The summed E-state index contributed by atoms with van der Waals surface area (Å²) in [5.74, 6) is -0.0500. The summed E-state index contributed by atoms with van der Waals surface area (Å²) in [6, 6.07) is 7.33. The molecule has 0 bridgehead atoms. The van der Waals surface area contributed by atoms with Gasteiger partial charge in [-0.15, -0.1) is 0 Å². The predicted molar refractivity (Wildman–Crippen MR) is 117 cm³/mol. The largest absolute Gasteiger partial charge is 0.497 e. The molecule has 4 aromatic rings. The Morgan fingerprint density at radius 1 is 1.18 bits per heavy atom. The number of amides is 1. The fourth-order valence-corrected chi connectivity index (χ4v) is 3.77. The van der Waals surface area contributed by atoms with E-state index in [0.717, 1.165) is 18.0 Å². The summed E-state index contributed by atoms with van der Waals surface area (Å²) in [6.45, 7) is 2.61. The molecule has 12 heteroatoms. The number of aryl methyl sites for hydroxylation is 1. The molecule has 33 heavy (non-hydrogen) atoms. The van der Waals surface area contributed by atoms with Gasteiger partial charge in [0.25, 0.3) is 5.91 Å². The van der Waals surface area contributed by atoms with Crippen LogP contribution in [0.1, 0.15) is 28.7 Å². The van der Waals surface area contributed by atoms with Crippen molar-refractivity contribution in [2.45, 2.75) is 26.2 Å². The topological polar surface area (TPSA) is 86.3 Å². The van der Waals surface area contributed by atoms with E-state index in [-0.39, 0.29) is 23.4 Å². The number of methoxy groups -OCH3 is 1. The molecular formula is C21H18BrF3N6O2. The van der Waals surface area contributed by atoms with Gasteiger partial charge in [-0.3, -0.25) is 9.48 Å². The first-order valence-electron chi connectivity index (χ1n) is 9.81. The minimum atomic E-state index is -4.71. The Hall–Kier alpha value is -3.41. The molecular weight excluding hydrogens is 505 g/mol. The van der Waals surface area contributed by atoms with Crippen LogP contribution in [0.2, 0.25) is 0 Å². The summed E-state index contributed by atoms with van der Waals surface area (Å²) < 4.78 is 49.5. The second kappa shape index (κ2) is 8.85. The van der Waals surface area contributed by atoms with Crippen LogP contribution in [-0.2, 0) is 19.3 Å². The first-order chi connectivity index (χ1) is 15.7. The molecule has 0 aliphatic heterocycles. The van der Waals surface area contributed by atoms with Gasteiger partial charge in [0.15, 0.2) is 11.3 Å². The average Bonchev–Trinajstić information content (AvgIpc) is 3.39. The molecule has 3 aromatic heterocycles. The van der Waals surface area contributed by atoms with Crippen molar-refractivity contribution in [2.24, 2.45) is 0 Å². The molecule has 1 N–H and O–H groups in total. The normalized spacial score (nSPS) is 11.7. The Morgan fingerprint density at radius 3 is 2.55 bits per heavy atom. The summed E-state index contributed by atoms with van der Waals surface area (Å²) in [4.78, 5) is 17.2. The van der Waals surface area contributed by atoms with Crippen LogP contribution in [0.4, 0.5) is 13.2 Å². The van der Waals surface area contributed by atoms with E-state index in [4.69, 9.17) is 4.74 Å². The number of ether oxygens (including phenoxy) is 1. The fraction of sp³-hybridized carbons (Fsp3) is 0.238. The Balaban J connectivity index is 1.74. The lowest BCUT2D eigenvalue weighted by Crippen LogP contribution is -2.25. The van der Waals surface area contributed by atoms with Crippen molar-refractivity contribution in [2.75, 3.05) is 7.11 Å². The number of aromatic nitrogens is 5. The molecule has 1 aromatic carbocycles. The zero-order valence-corrected chi connectivity index (χ0v) is 19.1. The maximum atomic E-state index is 13.8. The molecule has 0 saturated heterocycles. The van der Waals surface area contributed by atoms with Gasteiger partial charge in [0, 0.05) is 12.1 Å². The van der Waals surface area contributed by atoms with Crippen molar-refractivity contribution < 1.29 is 22.7 Å². The van der Waals surface area contributed by atoms with Crippen LogP contribution in [0.25, 0.3) is 16.9 Å². The minimum absolute atomic E-state index is 0.0545. The van der Waals surface area contributed by atoms with Crippen molar-refractivity contribution in [1.29, 1.82) is 0 Å². The number of rotatable bonds is 6. The second-order valence-electron chi connectivity index (χ2n) is 6.98. The number of alkyl halides is 3. The Bertz CT molecular complexity index is 1310. The number of carbonyl (C=O) groups excluding carboxylic acids is 1. The van der Waals surface area contributed by atoms with Gasteiger partial charge in [-0.05, 0) is 53.2 Å². The Kier molecular flexibility index (Phi) is 6.11. The van der Waals surface area contributed by atoms with Crippen molar-refractivity contribution >= 4 is 27.5 Å². The summed E-state index contributed by atoms with van der Waals surface area (Å²) in [5.41, 5.74) is -0.0916. The van der Waals surface area contributed by atoms with E-state index >= 15 is 0 Å². The lowest BCUT2D eigenvalue weighted by atomic mass is 10.1. The summed E-state index contributed by atoms with van der Waals surface area (Å²) in [7, 11) is 1.49. The predicted octanol–water partition coefficient (Wildman–Crippen LogP) is 4.33. The van der Waals surface area contributed by atoms with E-state index in [2.05, 4.69) is 36.4 Å². The van der Waals surface area contributed by atoms with Gasteiger partial charge in [0.2, 0.25) is 0 Å². The first kappa shape index (κ1) is 22.8. The average molecular weight is 523 g/mol. The number of fused-ring (bicyclic) bond motifs is 1. The Morgan fingerprint density at radius 2 is 1.91 bits per heavy atom. The number of nitrogens with one attached hydrogen (secondary N) is 1. The number of hydrogen-bond donors (Lipinski definition) is 1. The van der Waals surface area contributed by atoms with Crippen LogP contribution in [0, 0.1) is 0 Å². The standard InChI is InChI=1S/C21H18BrF3N6O2/c1-3-30-17(15(22)10-27-30)11-26-20(32)14-9-28-31-18(21(23,24)25)8-16(29-19(14)31)12-4-6-13(33-2)7-5-12/h4-10H,3,11H2,1-2H3,(H,26,32). The molecule has 0 radical (unpaired) electrons. The highest BCUT2D eigenvalue weighted by atomic mass is 79.9. The number of hydrogen-bond acceptors (Lipinski definition) is 5. The van der Waals surface area contributed by atoms with Gasteiger partial charge in [0.1, 0.15) is 11.3 Å². The lowest BCUT2D eigenvalue weighted by molar-refractivity contribution is -0.142. The van der Waals surface area contributed by atoms with Crippen LogP contribution >= 0.6 is 15.9 Å². The second-order valence-corrected chi connectivity index (χ2v) is 7.84. The van der Waals surface area contributed by atoms with Crippen LogP contribution in [0.5, 0.6) is 5.75 Å². The molecule has 4 rings (SSSR count). The summed E-state index contributed by atoms with van der Waals surface area (Å²) in [5, 5.41) is 10.7. The van der Waals surface area contributed by atoms with E-state index in [1.807, 2.05) is 6.92 Å². The molecule has 0 aliphatic rings. The third-order valence-corrected chi connectivity index (χ3v) is 5.67. The number of nitrogens with zero attached hydrogens (tertiary/aromatic N) is 5. The zero-order chi connectivity index (χ0) is 23.8. The lowest BCUT2D eigenvalue weighted by Gasteiger charge is -2.12. The highest BCUT2D eigenvalue weighted by Gasteiger charge is 2.36. The third kappa shape index (κ3) is 4.42. The van der Waals surface area contributed by atoms with Crippen molar-refractivity contribution in [3.63, 3.8) is 0 Å². The highest BCUT2D eigenvalue weighted by molar-refractivity contribution is 9.10. The first-order valence-corrected chi connectivity index (χ1v) is 10.6. The Labute approximate surface area is 194 Å². The minimum Gasteiger partial charge on any atom is -0.497 e. The van der Waals surface area contributed by atoms with E-state index in [1.165, 1.54) is 7.11 Å². The van der Waals surface area contributed by atoms with Crippen LogP contribution < -0.4 is 10.1 Å². The molecule has 0 fully saturated rings. The number of carbonyl (C=O) groups is 1. The maximum absolute atomic E-state index is 13.8. The van der Waals surface area contributed by atoms with Crippen LogP contribution in [0.15, 0.2) is 47.2 Å². The van der Waals surface area contributed by atoms with Crippen molar-refractivity contribution in [1.82, 2.24) is 29.7 Å². The molecule has 3 heterocycles. The van der Waals surface area contributed by atoms with Gasteiger partial charge in [0.05, 0.1) is 41.9 Å². The molecule has 8 nitrogen and oxygen atoms in total. The summed E-state index contributed by atoms with van der Waals surface area (Å²) >= 11 is 3.38. The van der Waals surface area contributed by atoms with Gasteiger partial charge < -0.3 is 10.1 Å². The van der Waals surface area contributed by atoms with Crippen LogP contribution in [-0.4, -0.2) is 37.4 Å². The monoisotopic (exact) mass is 522 g/mol. The molecule has 172 valence electrons. The summed E-state index contributed by atoms with van der Waals surface area (Å²) in [6.07, 6.45) is -2.02. The fourth-order valence-electron chi connectivity index (χ4n) is 3.33.